The van der Waals surface area contributed by atoms with E-state index in [4.69, 9.17) is 0 Å². The van der Waals surface area contributed by atoms with Crippen molar-refractivity contribution in [2.24, 2.45) is 4.99 Å². The summed E-state index contributed by atoms with van der Waals surface area (Å²) in [5, 5.41) is 0. The largest absolute Gasteiger partial charge is 0.361 e. The summed E-state index contributed by atoms with van der Waals surface area (Å²) in [5.74, 6) is 0. The SMILES string of the molecule is Cc1cncc(C)c1/C(=C1\C=CC=N1)c1ccc[nH]1. The number of aromatic amines is 1. The third-order valence-corrected chi connectivity index (χ3v) is 3.25. The third-order valence-electron chi connectivity index (χ3n) is 3.25. The molecule has 1 N–H and O–H groups in total. The molecule has 3 rings (SSSR count). The second-order valence-corrected chi connectivity index (χ2v) is 4.63. The number of allylic oxidation sites excluding steroid dienone is 2. The average molecular weight is 249 g/mol. The van der Waals surface area contributed by atoms with Gasteiger partial charge in [0.2, 0.25) is 0 Å². The van der Waals surface area contributed by atoms with Crippen LogP contribution >= 0.6 is 0 Å². The lowest BCUT2D eigenvalue weighted by Gasteiger charge is -2.13. The minimum atomic E-state index is 0.986. The molecule has 19 heavy (non-hydrogen) atoms. The number of hydrogen-bond donors (Lipinski definition) is 1. The minimum Gasteiger partial charge on any atom is -0.361 e. The molecule has 94 valence electrons. The van der Waals surface area contributed by atoms with Crippen LogP contribution < -0.4 is 0 Å². The predicted molar refractivity (Wildman–Crippen MR) is 78.2 cm³/mol. The zero-order valence-electron chi connectivity index (χ0n) is 11.0. The molecule has 0 unspecified atom stereocenters. The number of pyridine rings is 1. The molecule has 3 nitrogen and oxygen atoms in total. The second-order valence-electron chi connectivity index (χ2n) is 4.63. The molecule has 0 aliphatic carbocycles. The Bertz CT molecular complexity index is 655. The first-order valence-corrected chi connectivity index (χ1v) is 6.27. The fraction of sp³-hybridized carbons (Fsp3) is 0.125. The Morgan fingerprint density at radius 2 is 1.95 bits per heavy atom. The monoisotopic (exact) mass is 249 g/mol. The summed E-state index contributed by atoms with van der Waals surface area (Å²) in [7, 11) is 0. The molecule has 0 aromatic carbocycles. The minimum absolute atomic E-state index is 0.986. The van der Waals surface area contributed by atoms with Crippen LogP contribution in [0, 0.1) is 13.8 Å². The van der Waals surface area contributed by atoms with Crippen molar-refractivity contribution < 1.29 is 0 Å². The van der Waals surface area contributed by atoms with Crippen LogP contribution in [0.15, 0.2) is 53.6 Å². The van der Waals surface area contributed by atoms with Gasteiger partial charge in [-0.05, 0) is 54.8 Å². The molecular formula is C16H15N3. The van der Waals surface area contributed by atoms with Crippen LogP contribution in [-0.2, 0) is 0 Å². The summed E-state index contributed by atoms with van der Waals surface area (Å²) in [5.41, 5.74) is 6.72. The van der Waals surface area contributed by atoms with Crippen molar-refractivity contribution in [3.8, 4) is 0 Å². The smallest absolute Gasteiger partial charge is 0.0729 e. The maximum Gasteiger partial charge on any atom is 0.0729 e. The van der Waals surface area contributed by atoms with Crippen LogP contribution in [0.2, 0.25) is 0 Å². The molecule has 1 aliphatic rings. The van der Waals surface area contributed by atoms with Gasteiger partial charge in [0.05, 0.1) is 5.70 Å². The van der Waals surface area contributed by atoms with Gasteiger partial charge in [-0.25, -0.2) is 0 Å². The predicted octanol–water partition coefficient (Wildman–Crippen LogP) is 3.43. The van der Waals surface area contributed by atoms with Gasteiger partial charge in [0.25, 0.3) is 0 Å². The Balaban J connectivity index is 2.30. The molecule has 0 spiro atoms. The van der Waals surface area contributed by atoms with Crippen molar-refractivity contribution in [2.45, 2.75) is 13.8 Å². The van der Waals surface area contributed by atoms with E-state index in [9.17, 15) is 0 Å². The van der Waals surface area contributed by atoms with Crippen molar-refractivity contribution in [2.75, 3.05) is 0 Å². The van der Waals surface area contributed by atoms with Crippen LogP contribution in [0.25, 0.3) is 5.57 Å². The van der Waals surface area contributed by atoms with Crippen molar-refractivity contribution in [3.63, 3.8) is 0 Å². The molecule has 2 aromatic heterocycles. The fourth-order valence-electron chi connectivity index (χ4n) is 2.43. The lowest BCUT2D eigenvalue weighted by molar-refractivity contribution is 1.18. The van der Waals surface area contributed by atoms with Crippen LogP contribution in [0.3, 0.4) is 0 Å². The molecule has 0 radical (unpaired) electrons. The number of rotatable bonds is 2. The Morgan fingerprint density at radius 1 is 1.16 bits per heavy atom. The first kappa shape index (κ1) is 11.7. The molecule has 0 bridgehead atoms. The molecule has 0 saturated heterocycles. The molecular weight excluding hydrogens is 234 g/mol. The lowest BCUT2D eigenvalue weighted by Crippen LogP contribution is -1.99. The van der Waals surface area contributed by atoms with E-state index in [1.54, 1.807) is 0 Å². The number of hydrogen-bond acceptors (Lipinski definition) is 2. The van der Waals surface area contributed by atoms with Gasteiger partial charge < -0.3 is 4.98 Å². The van der Waals surface area contributed by atoms with Crippen LogP contribution in [0.5, 0.6) is 0 Å². The summed E-state index contributed by atoms with van der Waals surface area (Å²) >= 11 is 0. The van der Waals surface area contributed by atoms with Crippen LogP contribution in [0.1, 0.15) is 22.4 Å². The van der Waals surface area contributed by atoms with Gasteiger partial charge in [0.1, 0.15) is 0 Å². The summed E-state index contributed by atoms with van der Waals surface area (Å²) in [6, 6.07) is 4.08. The number of aliphatic imine (C=N–C) groups is 1. The van der Waals surface area contributed by atoms with E-state index >= 15 is 0 Å². The van der Waals surface area contributed by atoms with Gasteiger partial charge in [-0.15, -0.1) is 0 Å². The first-order valence-electron chi connectivity index (χ1n) is 6.27. The summed E-state index contributed by atoms with van der Waals surface area (Å²) < 4.78 is 0. The van der Waals surface area contributed by atoms with Crippen LogP contribution in [-0.4, -0.2) is 16.2 Å². The highest BCUT2D eigenvalue weighted by Gasteiger charge is 2.16. The highest BCUT2D eigenvalue weighted by Crippen LogP contribution is 2.32. The lowest BCUT2D eigenvalue weighted by atomic mass is 9.94. The van der Waals surface area contributed by atoms with Crippen LogP contribution in [0.4, 0.5) is 0 Å². The highest BCUT2D eigenvalue weighted by atomic mass is 14.8. The number of nitrogens with one attached hydrogen (secondary N) is 1. The normalized spacial score (nSPS) is 16.1. The summed E-state index contributed by atoms with van der Waals surface area (Å²) in [6.45, 7) is 4.17. The van der Waals surface area contributed by atoms with Gasteiger partial charge in [0.15, 0.2) is 0 Å². The van der Waals surface area contributed by atoms with E-state index in [-0.39, 0.29) is 0 Å². The molecule has 0 fully saturated rings. The van der Waals surface area contributed by atoms with E-state index in [2.05, 4.69) is 34.9 Å². The Labute approximate surface area is 112 Å². The van der Waals surface area contributed by atoms with E-state index in [1.165, 1.54) is 5.56 Å². The van der Waals surface area contributed by atoms with Crippen molar-refractivity contribution in [1.29, 1.82) is 0 Å². The third kappa shape index (κ3) is 2.03. The standard InChI is InChI=1S/C16H15N3/c1-11-9-17-10-12(2)15(11)16(13-5-3-7-18-13)14-6-4-8-19-14/h3-10,18H,1-2H3/b16-14+. The molecule has 2 aromatic rings. The highest BCUT2D eigenvalue weighted by molar-refractivity contribution is 5.89. The van der Waals surface area contributed by atoms with E-state index < -0.39 is 0 Å². The van der Waals surface area contributed by atoms with E-state index in [0.717, 1.165) is 28.1 Å². The number of aryl methyl sites for hydroxylation is 2. The Hall–Kier alpha value is -2.42. The molecule has 0 amide bonds. The quantitative estimate of drug-likeness (QED) is 0.870. The van der Waals surface area contributed by atoms with Gasteiger partial charge in [-0.1, -0.05) is 0 Å². The number of nitrogens with zero attached hydrogens (tertiary/aromatic N) is 2. The maximum atomic E-state index is 4.45. The Morgan fingerprint density at radius 3 is 2.53 bits per heavy atom. The zero-order chi connectivity index (χ0) is 13.2. The van der Waals surface area contributed by atoms with Crippen molar-refractivity contribution in [1.82, 2.24) is 9.97 Å². The molecule has 3 heterocycles. The Kier molecular flexibility index (Phi) is 2.88. The topological polar surface area (TPSA) is 41.0 Å². The first-order chi connectivity index (χ1) is 9.27. The number of aromatic nitrogens is 2. The average Bonchev–Trinajstić information content (AvgIpc) is 3.07. The summed E-state index contributed by atoms with van der Waals surface area (Å²) in [6.07, 6.45) is 11.6. The van der Waals surface area contributed by atoms with E-state index in [1.807, 2.05) is 43.0 Å². The van der Waals surface area contributed by atoms with Gasteiger partial charge in [0, 0.05) is 36.1 Å². The molecule has 3 heteroatoms. The molecule has 1 aliphatic heterocycles. The number of H-pyrrole nitrogens is 1. The van der Waals surface area contributed by atoms with Crippen molar-refractivity contribution >= 4 is 11.8 Å². The van der Waals surface area contributed by atoms with Crippen molar-refractivity contribution in [3.05, 3.63) is 71.0 Å². The summed E-state index contributed by atoms with van der Waals surface area (Å²) in [4.78, 5) is 12.0. The van der Waals surface area contributed by atoms with Gasteiger partial charge >= 0.3 is 0 Å². The van der Waals surface area contributed by atoms with E-state index in [0.29, 0.717) is 0 Å². The maximum absolute atomic E-state index is 4.45. The fourth-order valence-corrected chi connectivity index (χ4v) is 2.43. The molecule has 0 atom stereocenters. The zero-order valence-corrected chi connectivity index (χ0v) is 11.0. The second kappa shape index (κ2) is 4.69. The van der Waals surface area contributed by atoms with Gasteiger partial charge in [-0.3, -0.25) is 9.98 Å². The van der Waals surface area contributed by atoms with Gasteiger partial charge in [-0.2, -0.15) is 0 Å². The molecule has 0 saturated carbocycles.